The Morgan fingerprint density at radius 2 is 1.70 bits per heavy atom. The molecule has 1 atom stereocenters. The molecule has 0 radical (unpaired) electrons. The van der Waals surface area contributed by atoms with Gasteiger partial charge in [-0.15, -0.1) is 0 Å². The van der Waals surface area contributed by atoms with Crippen molar-refractivity contribution in [1.29, 1.82) is 0 Å². The maximum atomic E-state index is 2.46. The van der Waals surface area contributed by atoms with E-state index < -0.39 is 0 Å². The van der Waals surface area contributed by atoms with Crippen LogP contribution in [0, 0.1) is 0 Å². The third-order valence-electron chi connectivity index (χ3n) is 3.39. The Morgan fingerprint density at radius 1 is 1.20 bits per heavy atom. The lowest BCUT2D eigenvalue weighted by Gasteiger charge is -2.37. The van der Waals surface area contributed by atoms with E-state index in [4.69, 9.17) is 0 Å². The van der Waals surface area contributed by atoms with Gasteiger partial charge in [-0.05, 0) is 0 Å². The largest absolute Gasteiger partial charge is 0.108 e. The third-order valence-corrected chi connectivity index (χ3v) is 3.39. The first-order valence-electron chi connectivity index (χ1n) is 4.65. The number of rotatable bonds is 1. The Balaban J connectivity index is 2.48. The van der Waals surface area contributed by atoms with Gasteiger partial charge < -0.3 is 0 Å². The van der Waals surface area contributed by atoms with Crippen molar-refractivity contribution in [2.45, 2.75) is 50.2 Å². The highest BCUT2D eigenvalue weighted by Gasteiger charge is 2.29. The molecule has 0 N–H and O–H groups in total. The Bertz CT molecular complexity index is 104. The first-order valence-corrected chi connectivity index (χ1v) is 4.65. The summed E-state index contributed by atoms with van der Waals surface area (Å²) in [6.07, 6.45) is 7.33. The first-order chi connectivity index (χ1) is 4.65. The minimum absolute atomic E-state index is 0.679. The van der Waals surface area contributed by atoms with Crippen molar-refractivity contribution < 1.29 is 0 Å². The number of hydrogen-bond acceptors (Lipinski definition) is 0. The first kappa shape index (κ1) is 8.23. The summed E-state index contributed by atoms with van der Waals surface area (Å²) in [5, 5.41) is 0.679. The van der Waals surface area contributed by atoms with Crippen molar-refractivity contribution in [3.8, 4) is 0 Å². The molecule has 0 amide bonds. The molecule has 0 spiro atoms. The average molecular weight is 136 g/mol. The van der Waals surface area contributed by atoms with Crippen molar-refractivity contribution in [3.63, 3.8) is 0 Å². The second-order valence-corrected chi connectivity index (χ2v) is 4.37. The zero-order valence-electron chi connectivity index (χ0n) is 7.61. The molecule has 2 heteroatoms. The van der Waals surface area contributed by atoms with Crippen molar-refractivity contribution in [3.05, 3.63) is 0 Å². The van der Waals surface area contributed by atoms with Crippen molar-refractivity contribution >= 4 is 15.7 Å². The standard InChI is InChI=1S/C8H18B2/c1-7(9)8(10)5-3-2-4-6-8/h7H,2-6,9-10H2,1H3. The summed E-state index contributed by atoms with van der Waals surface area (Å²) in [4.78, 5) is 0. The van der Waals surface area contributed by atoms with Gasteiger partial charge in [-0.2, -0.15) is 0 Å². The summed E-state index contributed by atoms with van der Waals surface area (Å²) < 4.78 is 0. The molecule has 0 aromatic heterocycles. The molecule has 1 saturated carbocycles. The predicted octanol–water partition coefficient (Wildman–Crippen LogP) is 1.18. The van der Waals surface area contributed by atoms with Gasteiger partial charge in [0.15, 0.2) is 0 Å². The summed E-state index contributed by atoms with van der Waals surface area (Å²) in [7, 11) is 4.82. The minimum Gasteiger partial charge on any atom is -0.0740 e. The van der Waals surface area contributed by atoms with Crippen molar-refractivity contribution in [2.75, 3.05) is 0 Å². The monoisotopic (exact) mass is 136 g/mol. The molecule has 0 heterocycles. The Kier molecular flexibility index (Phi) is 2.49. The molecule has 0 bridgehead atoms. The van der Waals surface area contributed by atoms with Crippen LogP contribution in [-0.2, 0) is 0 Å². The van der Waals surface area contributed by atoms with Crippen LogP contribution in [0.1, 0.15) is 39.0 Å². The fourth-order valence-corrected chi connectivity index (χ4v) is 1.94. The molecule has 0 nitrogen and oxygen atoms in total. The molecule has 1 fully saturated rings. The van der Waals surface area contributed by atoms with E-state index in [2.05, 4.69) is 22.6 Å². The topological polar surface area (TPSA) is 0 Å². The SMILES string of the molecule is BC(C)C1(B)CCCCC1. The molecular formula is C8H18B2. The van der Waals surface area contributed by atoms with E-state index in [1.165, 1.54) is 32.1 Å². The van der Waals surface area contributed by atoms with E-state index in [0.717, 1.165) is 5.82 Å². The smallest absolute Gasteiger partial charge is 0.0740 e. The highest BCUT2D eigenvalue weighted by Crippen LogP contribution is 2.47. The fourth-order valence-electron chi connectivity index (χ4n) is 1.94. The van der Waals surface area contributed by atoms with Gasteiger partial charge in [0, 0.05) is 0 Å². The maximum Gasteiger partial charge on any atom is 0.108 e. The summed E-state index contributed by atoms with van der Waals surface area (Å²) in [6.45, 7) is 2.37. The lowest BCUT2D eigenvalue weighted by Crippen LogP contribution is -2.21. The van der Waals surface area contributed by atoms with Crippen LogP contribution < -0.4 is 0 Å². The van der Waals surface area contributed by atoms with Gasteiger partial charge in [0.1, 0.15) is 15.7 Å². The van der Waals surface area contributed by atoms with E-state index in [-0.39, 0.29) is 0 Å². The van der Waals surface area contributed by atoms with Crippen LogP contribution in [0.4, 0.5) is 0 Å². The van der Waals surface area contributed by atoms with Crippen molar-refractivity contribution in [1.82, 2.24) is 0 Å². The van der Waals surface area contributed by atoms with Gasteiger partial charge in [-0.1, -0.05) is 50.2 Å². The van der Waals surface area contributed by atoms with E-state index >= 15 is 0 Å². The molecule has 10 heavy (non-hydrogen) atoms. The predicted molar refractivity (Wildman–Crippen MR) is 52.3 cm³/mol. The Morgan fingerprint density at radius 3 is 2.00 bits per heavy atom. The van der Waals surface area contributed by atoms with Crippen LogP contribution in [0.5, 0.6) is 0 Å². The minimum atomic E-state index is 0.679. The summed E-state index contributed by atoms with van der Waals surface area (Å²) in [5.41, 5.74) is 0. The maximum absolute atomic E-state index is 2.46. The Hall–Kier alpha value is 0.130. The lowest BCUT2D eigenvalue weighted by atomic mass is 9.49. The van der Waals surface area contributed by atoms with E-state index in [0.29, 0.717) is 5.31 Å². The second-order valence-electron chi connectivity index (χ2n) is 4.37. The van der Waals surface area contributed by atoms with Gasteiger partial charge in [-0.25, -0.2) is 0 Å². The van der Waals surface area contributed by atoms with Gasteiger partial charge in [-0.3, -0.25) is 0 Å². The Labute approximate surface area is 66.6 Å². The fraction of sp³-hybridized carbons (Fsp3) is 1.00. The molecule has 1 rings (SSSR count). The van der Waals surface area contributed by atoms with Crippen molar-refractivity contribution in [2.24, 2.45) is 0 Å². The van der Waals surface area contributed by atoms with Gasteiger partial charge >= 0.3 is 0 Å². The molecule has 0 aliphatic heterocycles. The molecule has 0 aromatic rings. The van der Waals surface area contributed by atoms with Gasteiger partial charge in [0.25, 0.3) is 0 Å². The molecular weight excluding hydrogens is 118 g/mol. The normalized spacial score (nSPS) is 27.7. The molecule has 1 aliphatic rings. The summed E-state index contributed by atoms with van der Waals surface area (Å²) in [5.74, 6) is 0.882. The summed E-state index contributed by atoms with van der Waals surface area (Å²) >= 11 is 0. The summed E-state index contributed by atoms with van der Waals surface area (Å²) in [6, 6.07) is 0. The van der Waals surface area contributed by atoms with Crippen LogP contribution in [0.3, 0.4) is 0 Å². The van der Waals surface area contributed by atoms with E-state index in [1.807, 2.05) is 0 Å². The zero-order valence-corrected chi connectivity index (χ0v) is 7.61. The zero-order chi connectivity index (χ0) is 7.61. The molecule has 56 valence electrons. The highest BCUT2D eigenvalue weighted by atomic mass is 14.3. The highest BCUT2D eigenvalue weighted by molar-refractivity contribution is 6.23. The van der Waals surface area contributed by atoms with E-state index in [9.17, 15) is 0 Å². The average Bonchev–Trinajstić information content (AvgIpc) is 1.89. The second kappa shape index (κ2) is 3.02. The lowest BCUT2D eigenvalue weighted by molar-refractivity contribution is 0.370. The van der Waals surface area contributed by atoms with E-state index in [1.54, 1.807) is 0 Å². The number of hydrogen-bond donors (Lipinski definition) is 0. The molecule has 0 aromatic carbocycles. The van der Waals surface area contributed by atoms with Crippen LogP contribution in [0.15, 0.2) is 0 Å². The molecule has 1 aliphatic carbocycles. The molecule has 1 unspecified atom stereocenters. The third kappa shape index (κ3) is 1.59. The molecule has 0 saturated heterocycles. The van der Waals surface area contributed by atoms with Crippen LogP contribution >= 0.6 is 0 Å². The van der Waals surface area contributed by atoms with Crippen LogP contribution in [-0.4, -0.2) is 15.7 Å². The quantitative estimate of drug-likeness (QED) is 0.474. The van der Waals surface area contributed by atoms with Gasteiger partial charge in [0.05, 0.1) is 0 Å². The van der Waals surface area contributed by atoms with Crippen LogP contribution in [0.2, 0.25) is 11.1 Å². The van der Waals surface area contributed by atoms with Gasteiger partial charge in [0.2, 0.25) is 0 Å². The van der Waals surface area contributed by atoms with Crippen LogP contribution in [0.25, 0.3) is 0 Å².